The van der Waals surface area contributed by atoms with Crippen molar-refractivity contribution in [1.29, 1.82) is 0 Å². The summed E-state index contributed by atoms with van der Waals surface area (Å²) >= 11 is 0. The monoisotopic (exact) mass is 152 g/mol. The van der Waals surface area contributed by atoms with Crippen molar-refractivity contribution in [3.05, 3.63) is 30.1 Å². The zero-order valence-corrected chi connectivity index (χ0v) is 7.08. The van der Waals surface area contributed by atoms with Crippen LogP contribution in [0.25, 0.3) is 0 Å². The lowest BCUT2D eigenvalue weighted by Gasteiger charge is -1.98. The molecule has 0 atom stereocenters. The van der Waals surface area contributed by atoms with E-state index in [4.69, 9.17) is 4.74 Å². The minimum absolute atomic E-state index is 0.720. The largest absolute Gasteiger partial charge is 0.377 e. The molecule has 0 fully saturated rings. The number of aryl methyl sites for hydroxylation is 1. The summed E-state index contributed by atoms with van der Waals surface area (Å²) in [4.78, 5) is 0. The Kier molecular flexibility index (Phi) is 3.05. The molecule has 11 heavy (non-hydrogen) atoms. The van der Waals surface area contributed by atoms with Crippen molar-refractivity contribution in [3.63, 3.8) is 0 Å². The van der Waals surface area contributed by atoms with E-state index in [1.54, 1.807) is 0 Å². The Morgan fingerprint density at radius 3 is 2.55 bits per heavy atom. The van der Waals surface area contributed by atoms with Gasteiger partial charge in [-0.15, -0.1) is 0 Å². The molecule has 0 aliphatic heterocycles. The molecule has 0 N–H and O–H groups in total. The summed E-state index contributed by atoms with van der Waals surface area (Å²) < 4.78 is 7.26. The molecule has 0 bridgehead atoms. The molecule has 60 valence electrons. The smallest absolute Gasteiger partial charge is 0.168 e. The third kappa shape index (κ3) is 2.68. The fraction of sp³-hybridized carbons (Fsp3) is 0.444. The van der Waals surface area contributed by atoms with E-state index in [-0.39, 0.29) is 0 Å². The molecule has 2 nitrogen and oxygen atoms in total. The first kappa shape index (κ1) is 8.21. The maximum absolute atomic E-state index is 5.25. The van der Waals surface area contributed by atoms with Crippen LogP contribution in [0.15, 0.2) is 24.5 Å². The summed E-state index contributed by atoms with van der Waals surface area (Å²) in [6.45, 7) is 3.50. The molecule has 0 aliphatic carbocycles. The fourth-order valence-electron chi connectivity index (χ4n) is 0.848. The summed E-state index contributed by atoms with van der Waals surface area (Å²) in [6, 6.07) is 4.13. The molecule has 0 radical (unpaired) electrons. The normalized spacial score (nSPS) is 10.0. The molecule has 0 saturated carbocycles. The van der Waals surface area contributed by atoms with Crippen molar-refractivity contribution in [3.8, 4) is 0 Å². The zero-order chi connectivity index (χ0) is 8.10. The standard InChI is InChI=1S/C9H14NO/c1-3-11-8-9-4-6-10(2)7-5-9/h4-7H,3,8H2,1-2H3/q+1. The van der Waals surface area contributed by atoms with Gasteiger partial charge in [0, 0.05) is 18.7 Å². The Labute approximate surface area is 67.4 Å². The highest BCUT2D eigenvalue weighted by Crippen LogP contribution is 1.96. The van der Waals surface area contributed by atoms with Gasteiger partial charge < -0.3 is 4.74 Å². The van der Waals surface area contributed by atoms with Gasteiger partial charge in [-0.25, -0.2) is 4.57 Å². The van der Waals surface area contributed by atoms with Crippen LogP contribution in [0.3, 0.4) is 0 Å². The number of ether oxygens (including phenoxy) is 1. The van der Waals surface area contributed by atoms with Gasteiger partial charge in [-0.05, 0) is 12.5 Å². The van der Waals surface area contributed by atoms with E-state index in [0.717, 1.165) is 13.2 Å². The predicted molar refractivity (Wildman–Crippen MR) is 42.9 cm³/mol. The van der Waals surface area contributed by atoms with Gasteiger partial charge in [-0.2, -0.15) is 0 Å². The quantitative estimate of drug-likeness (QED) is 0.590. The molecule has 1 heterocycles. The molecule has 1 rings (SSSR count). The predicted octanol–water partition coefficient (Wildman–Crippen LogP) is 1.05. The Balaban J connectivity index is 2.52. The molecule has 0 aromatic carbocycles. The molecule has 1 aromatic heterocycles. The van der Waals surface area contributed by atoms with E-state index < -0.39 is 0 Å². The fourth-order valence-corrected chi connectivity index (χ4v) is 0.848. The maximum atomic E-state index is 5.25. The van der Waals surface area contributed by atoms with Gasteiger partial charge in [0.2, 0.25) is 0 Å². The Hall–Kier alpha value is -0.890. The van der Waals surface area contributed by atoms with Gasteiger partial charge in [0.25, 0.3) is 0 Å². The summed E-state index contributed by atoms with van der Waals surface area (Å²) in [5.74, 6) is 0. The van der Waals surface area contributed by atoms with Crippen molar-refractivity contribution >= 4 is 0 Å². The van der Waals surface area contributed by atoms with Crippen LogP contribution in [0.4, 0.5) is 0 Å². The summed E-state index contributed by atoms with van der Waals surface area (Å²) in [5, 5.41) is 0. The molecule has 0 aliphatic rings. The van der Waals surface area contributed by atoms with Crippen LogP contribution < -0.4 is 4.57 Å². The van der Waals surface area contributed by atoms with Crippen LogP contribution in [-0.2, 0) is 18.4 Å². The van der Waals surface area contributed by atoms with Crippen molar-refractivity contribution in [2.45, 2.75) is 13.5 Å². The Morgan fingerprint density at radius 1 is 1.36 bits per heavy atom. The lowest BCUT2D eigenvalue weighted by atomic mass is 10.3. The third-order valence-corrected chi connectivity index (χ3v) is 1.52. The van der Waals surface area contributed by atoms with Crippen molar-refractivity contribution < 1.29 is 9.30 Å². The lowest BCUT2D eigenvalue weighted by Crippen LogP contribution is -2.25. The molecule has 0 amide bonds. The van der Waals surface area contributed by atoms with E-state index in [1.807, 2.05) is 30.9 Å². The molecular formula is C9H14NO+. The number of nitrogens with zero attached hydrogens (tertiary/aromatic N) is 1. The first-order valence-corrected chi connectivity index (χ1v) is 3.85. The minimum atomic E-state index is 0.720. The first-order chi connectivity index (χ1) is 5.33. The second-order valence-corrected chi connectivity index (χ2v) is 2.51. The van der Waals surface area contributed by atoms with E-state index in [2.05, 4.69) is 12.1 Å². The van der Waals surface area contributed by atoms with Crippen LogP contribution in [0, 0.1) is 0 Å². The Bertz CT molecular complexity index is 205. The minimum Gasteiger partial charge on any atom is -0.377 e. The maximum Gasteiger partial charge on any atom is 0.168 e. The van der Waals surface area contributed by atoms with E-state index in [1.165, 1.54) is 5.56 Å². The summed E-state index contributed by atoms with van der Waals surface area (Å²) in [7, 11) is 2.00. The highest BCUT2D eigenvalue weighted by Gasteiger charge is 1.93. The second-order valence-electron chi connectivity index (χ2n) is 2.51. The van der Waals surface area contributed by atoms with E-state index >= 15 is 0 Å². The van der Waals surface area contributed by atoms with Crippen molar-refractivity contribution in [2.24, 2.45) is 7.05 Å². The number of pyridine rings is 1. The third-order valence-electron chi connectivity index (χ3n) is 1.52. The van der Waals surface area contributed by atoms with Crippen LogP contribution in [-0.4, -0.2) is 6.61 Å². The van der Waals surface area contributed by atoms with Crippen LogP contribution >= 0.6 is 0 Å². The first-order valence-electron chi connectivity index (χ1n) is 3.85. The summed E-state index contributed by atoms with van der Waals surface area (Å²) in [6.07, 6.45) is 4.04. The zero-order valence-electron chi connectivity index (χ0n) is 7.08. The molecule has 0 spiro atoms. The van der Waals surface area contributed by atoms with E-state index in [0.29, 0.717) is 0 Å². The lowest BCUT2D eigenvalue weighted by molar-refractivity contribution is -0.671. The number of hydrogen-bond donors (Lipinski definition) is 0. The van der Waals surface area contributed by atoms with Gasteiger partial charge in [0.1, 0.15) is 7.05 Å². The van der Waals surface area contributed by atoms with Gasteiger partial charge in [-0.1, -0.05) is 0 Å². The van der Waals surface area contributed by atoms with Crippen molar-refractivity contribution in [1.82, 2.24) is 0 Å². The molecular weight excluding hydrogens is 138 g/mol. The van der Waals surface area contributed by atoms with Crippen LogP contribution in [0.5, 0.6) is 0 Å². The highest BCUT2D eigenvalue weighted by atomic mass is 16.5. The number of hydrogen-bond acceptors (Lipinski definition) is 1. The highest BCUT2D eigenvalue weighted by molar-refractivity contribution is 5.05. The average molecular weight is 152 g/mol. The van der Waals surface area contributed by atoms with Gasteiger partial charge in [0.15, 0.2) is 12.4 Å². The van der Waals surface area contributed by atoms with Crippen LogP contribution in [0.1, 0.15) is 12.5 Å². The molecule has 2 heteroatoms. The molecule has 0 saturated heterocycles. The average Bonchev–Trinajstić information content (AvgIpc) is 2.04. The van der Waals surface area contributed by atoms with Gasteiger partial charge in [-0.3, -0.25) is 0 Å². The Morgan fingerprint density at radius 2 is 2.00 bits per heavy atom. The summed E-state index contributed by atoms with van der Waals surface area (Å²) in [5.41, 5.74) is 1.23. The number of aromatic nitrogens is 1. The second kappa shape index (κ2) is 4.09. The van der Waals surface area contributed by atoms with Gasteiger partial charge >= 0.3 is 0 Å². The van der Waals surface area contributed by atoms with Gasteiger partial charge in [0.05, 0.1) is 6.61 Å². The van der Waals surface area contributed by atoms with Crippen molar-refractivity contribution in [2.75, 3.05) is 6.61 Å². The molecule has 0 unspecified atom stereocenters. The van der Waals surface area contributed by atoms with Crippen LogP contribution in [0.2, 0.25) is 0 Å². The SMILES string of the molecule is CCOCc1cc[n+](C)cc1. The van der Waals surface area contributed by atoms with E-state index in [9.17, 15) is 0 Å². The molecule has 1 aromatic rings. The topological polar surface area (TPSA) is 13.1 Å². The number of rotatable bonds is 3.